The lowest BCUT2D eigenvalue weighted by molar-refractivity contribution is 0.270. The quantitative estimate of drug-likeness (QED) is 0.707. The summed E-state index contributed by atoms with van der Waals surface area (Å²) in [4.78, 5) is 22.0. The Bertz CT molecular complexity index is 991. The van der Waals surface area contributed by atoms with Crippen LogP contribution >= 0.6 is 11.3 Å². The highest BCUT2D eigenvalue weighted by atomic mass is 32.1. The van der Waals surface area contributed by atoms with Crippen molar-refractivity contribution in [2.24, 2.45) is 0 Å². The molecule has 1 atom stereocenters. The Labute approximate surface area is 155 Å². The van der Waals surface area contributed by atoms with Crippen molar-refractivity contribution in [3.63, 3.8) is 0 Å². The van der Waals surface area contributed by atoms with E-state index >= 15 is 0 Å². The molecule has 0 spiro atoms. The van der Waals surface area contributed by atoms with E-state index in [2.05, 4.69) is 24.0 Å². The molecule has 1 aliphatic rings. The van der Waals surface area contributed by atoms with Crippen LogP contribution in [0.25, 0.3) is 10.2 Å². The molecular formula is C20H22FN3OS. The summed E-state index contributed by atoms with van der Waals surface area (Å²) in [6.45, 7) is 0.554. The van der Waals surface area contributed by atoms with Crippen molar-refractivity contribution in [3.8, 4) is 0 Å². The monoisotopic (exact) mass is 371 g/mol. The third-order valence-electron chi connectivity index (χ3n) is 5.29. The average Bonchev–Trinajstić information content (AvgIpc) is 3.01. The second-order valence-electron chi connectivity index (χ2n) is 7.16. The van der Waals surface area contributed by atoms with E-state index in [1.807, 2.05) is 0 Å². The summed E-state index contributed by atoms with van der Waals surface area (Å²) >= 11 is 1.67. The second-order valence-corrected chi connectivity index (χ2v) is 8.25. The molecule has 0 saturated carbocycles. The number of aryl methyl sites for hydroxylation is 3. The first-order valence-corrected chi connectivity index (χ1v) is 9.75. The van der Waals surface area contributed by atoms with Crippen molar-refractivity contribution < 1.29 is 4.39 Å². The summed E-state index contributed by atoms with van der Waals surface area (Å²) in [6.07, 6.45) is 5.35. The van der Waals surface area contributed by atoms with Gasteiger partial charge < -0.3 is 4.90 Å². The van der Waals surface area contributed by atoms with E-state index in [9.17, 15) is 9.18 Å². The van der Waals surface area contributed by atoms with Crippen molar-refractivity contribution in [2.75, 3.05) is 14.1 Å². The van der Waals surface area contributed by atoms with Gasteiger partial charge in [-0.3, -0.25) is 9.36 Å². The number of aromatic nitrogens is 2. The summed E-state index contributed by atoms with van der Waals surface area (Å²) in [6, 6.07) is 6.98. The molecule has 1 unspecified atom stereocenters. The average molecular weight is 371 g/mol. The van der Waals surface area contributed by atoms with Crippen molar-refractivity contribution in [3.05, 3.63) is 62.8 Å². The smallest absolute Gasteiger partial charge is 0.262 e. The first-order valence-electron chi connectivity index (χ1n) is 8.93. The predicted octanol–water partition coefficient (Wildman–Crippen LogP) is 3.26. The van der Waals surface area contributed by atoms with Gasteiger partial charge in [0.25, 0.3) is 5.56 Å². The zero-order valence-corrected chi connectivity index (χ0v) is 15.9. The van der Waals surface area contributed by atoms with Gasteiger partial charge in [0.2, 0.25) is 0 Å². The first kappa shape index (κ1) is 17.4. The second kappa shape index (κ2) is 6.93. The zero-order valence-electron chi connectivity index (χ0n) is 15.0. The zero-order chi connectivity index (χ0) is 18.3. The molecular weight excluding hydrogens is 349 g/mol. The Morgan fingerprint density at radius 3 is 2.81 bits per heavy atom. The van der Waals surface area contributed by atoms with Crippen LogP contribution in [0.5, 0.6) is 0 Å². The van der Waals surface area contributed by atoms with Crippen molar-refractivity contribution in [1.82, 2.24) is 14.5 Å². The Morgan fingerprint density at radius 1 is 1.31 bits per heavy atom. The lowest BCUT2D eigenvalue weighted by Crippen LogP contribution is -2.33. The van der Waals surface area contributed by atoms with Gasteiger partial charge in [0.15, 0.2) is 0 Å². The topological polar surface area (TPSA) is 38.1 Å². The summed E-state index contributed by atoms with van der Waals surface area (Å²) in [5, 5.41) is 0.809. The van der Waals surface area contributed by atoms with Gasteiger partial charge in [-0.15, -0.1) is 11.3 Å². The van der Waals surface area contributed by atoms with Gasteiger partial charge in [-0.1, -0.05) is 12.1 Å². The fourth-order valence-electron chi connectivity index (χ4n) is 3.68. The molecule has 136 valence electrons. The largest absolute Gasteiger partial charge is 0.306 e. The number of halogens is 1. The van der Waals surface area contributed by atoms with E-state index in [-0.39, 0.29) is 11.4 Å². The molecule has 1 aromatic carbocycles. The standard InChI is InChI=1S/C20H22FN3OS/c1-23(2)15-7-8-16-17(11-15)26-19-18(16)20(25)24(12-22-19)10-9-13-3-5-14(21)6-4-13/h3-6,12,15H,7-11H2,1-2H3. The summed E-state index contributed by atoms with van der Waals surface area (Å²) in [5.74, 6) is -0.241. The Morgan fingerprint density at radius 2 is 2.08 bits per heavy atom. The normalized spacial score (nSPS) is 17.0. The van der Waals surface area contributed by atoms with E-state index in [4.69, 9.17) is 0 Å². The van der Waals surface area contributed by atoms with Crippen LogP contribution in [-0.2, 0) is 25.8 Å². The number of rotatable bonds is 4. The molecule has 0 bridgehead atoms. The Kier molecular flexibility index (Phi) is 4.63. The van der Waals surface area contributed by atoms with Crippen LogP contribution in [0, 0.1) is 5.82 Å². The molecule has 0 aliphatic heterocycles. The molecule has 2 heterocycles. The molecule has 0 amide bonds. The Balaban J connectivity index is 1.63. The number of likely N-dealkylation sites (N-methyl/N-ethyl adjacent to an activating group) is 1. The van der Waals surface area contributed by atoms with Gasteiger partial charge in [-0.25, -0.2) is 9.37 Å². The number of fused-ring (bicyclic) bond motifs is 3. The minimum Gasteiger partial charge on any atom is -0.306 e. The minimum atomic E-state index is -0.241. The number of benzene rings is 1. The Hall–Kier alpha value is -2.05. The van der Waals surface area contributed by atoms with Crippen LogP contribution in [0.1, 0.15) is 22.4 Å². The first-order chi connectivity index (χ1) is 12.5. The number of hydrogen-bond donors (Lipinski definition) is 0. The van der Waals surface area contributed by atoms with Gasteiger partial charge in [-0.2, -0.15) is 0 Å². The molecule has 6 heteroatoms. The van der Waals surface area contributed by atoms with Crippen molar-refractivity contribution in [2.45, 2.75) is 38.3 Å². The summed E-state index contributed by atoms with van der Waals surface area (Å²) in [5.41, 5.74) is 2.27. The molecule has 0 saturated heterocycles. The fourth-order valence-corrected chi connectivity index (χ4v) is 4.93. The molecule has 3 aromatic rings. The third kappa shape index (κ3) is 3.19. The van der Waals surface area contributed by atoms with Crippen LogP contribution in [-0.4, -0.2) is 34.6 Å². The number of thiophene rings is 1. The number of nitrogens with zero attached hydrogens (tertiary/aromatic N) is 3. The predicted molar refractivity (Wildman–Crippen MR) is 103 cm³/mol. The van der Waals surface area contributed by atoms with Gasteiger partial charge in [0, 0.05) is 17.5 Å². The molecule has 2 aromatic heterocycles. The molecule has 0 radical (unpaired) electrons. The highest BCUT2D eigenvalue weighted by molar-refractivity contribution is 7.18. The lowest BCUT2D eigenvalue weighted by Gasteiger charge is -2.27. The van der Waals surface area contributed by atoms with Crippen LogP contribution in [0.4, 0.5) is 4.39 Å². The van der Waals surface area contributed by atoms with E-state index in [1.165, 1.54) is 22.6 Å². The van der Waals surface area contributed by atoms with E-state index < -0.39 is 0 Å². The maximum Gasteiger partial charge on any atom is 0.262 e. The van der Waals surface area contributed by atoms with E-state index in [0.29, 0.717) is 19.0 Å². The lowest BCUT2D eigenvalue weighted by atomic mass is 9.92. The van der Waals surface area contributed by atoms with E-state index in [1.54, 1.807) is 34.4 Å². The fraction of sp³-hybridized carbons (Fsp3) is 0.400. The minimum absolute atomic E-state index is 0.0536. The molecule has 1 aliphatic carbocycles. The van der Waals surface area contributed by atoms with Crippen molar-refractivity contribution in [1.29, 1.82) is 0 Å². The van der Waals surface area contributed by atoms with Crippen molar-refractivity contribution >= 4 is 21.6 Å². The SMILES string of the molecule is CN(C)C1CCc2c(sc3ncn(CCc4ccc(F)cc4)c(=O)c23)C1. The van der Waals surface area contributed by atoms with Gasteiger partial charge in [0.05, 0.1) is 11.7 Å². The molecule has 26 heavy (non-hydrogen) atoms. The molecule has 0 fully saturated rings. The van der Waals surface area contributed by atoms with Crippen LogP contribution in [0.2, 0.25) is 0 Å². The molecule has 4 rings (SSSR count). The van der Waals surface area contributed by atoms with Gasteiger partial charge in [0.1, 0.15) is 10.6 Å². The highest BCUT2D eigenvalue weighted by Gasteiger charge is 2.26. The van der Waals surface area contributed by atoms with Crippen LogP contribution < -0.4 is 5.56 Å². The molecule has 4 nitrogen and oxygen atoms in total. The van der Waals surface area contributed by atoms with Gasteiger partial charge >= 0.3 is 0 Å². The molecule has 0 N–H and O–H groups in total. The third-order valence-corrected chi connectivity index (χ3v) is 6.46. The van der Waals surface area contributed by atoms with Gasteiger partial charge in [-0.05, 0) is 63.0 Å². The van der Waals surface area contributed by atoms with E-state index in [0.717, 1.165) is 35.0 Å². The van der Waals surface area contributed by atoms with Crippen LogP contribution in [0.15, 0.2) is 35.4 Å². The highest BCUT2D eigenvalue weighted by Crippen LogP contribution is 2.34. The van der Waals surface area contributed by atoms with Crippen LogP contribution in [0.3, 0.4) is 0 Å². The summed E-state index contributed by atoms with van der Waals surface area (Å²) in [7, 11) is 4.23. The maximum atomic E-state index is 13.0. The number of hydrogen-bond acceptors (Lipinski definition) is 4. The summed E-state index contributed by atoms with van der Waals surface area (Å²) < 4.78 is 14.7. The maximum absolute atomic E-state index is 13.0.